The predicted octanol–water partition coefficient (Wildman–Crippen LogP) is 2.14. The lowest BCUT2D eigenvalue weighted by atomic mass is 10.1. The number of rotatable bonds is 6. The van der Waals surface area contributed by atoms with Crippen LogP contribution >= 0.6 is 0 Å². The Morgan fingerprint density at radius 2 is 2.05 bits per heavy atom. The summed E-state index contributed by atoms with van der Waals surface area (Å²) in [7, 11) is 3.83. The van der Waals surface area contributed by atoms with Gasteiger partial charge in [-0.25, -0.2) is 4.39 Å². The van der Waals surface area contributed by atoms with Crippen LogP contribution < -0.4 is 10.6 Å². The van der Waals surface area contributed by atoms with Crippen molar-refractivity contribution < 1.29 is 4.39 Å². The number of likely N-dealkylation sites (N-methyl/N-ethyl adjacent to an activating group) is 1. The molecule has 1 rings (SSSR count). The van der Waals surface area contributed by atoms with Crippen LogP contribution in [0, 0.1) is 12.7 Å². The molecule has 0 unspecified atom stereocenters. The van der Waals surface area contributed by atoms with E-state index in [4.69, 9.17) is 0 Å². The number of aliphatic imine (C=N–C) groups is 1. The van der Waals surface area contributed by atoms with Gasteiger partial charge in [0.05, 0.1) is 0 Å². The molecule has 2 N–H and O–H groups in total. The number of nitrogens with one attached hydrogen (secondary N) is 2. The van der Waals surface area contributed by atoms with E-state index in [1.807, 2.05) is 6.07 Å². The predicted molar refractivity (Wildman–Crippen MR) is 87.1 cm³/mol. The van der Waals surface area contributed by atoms with E-state index in [9.17, 15) is 4.39 Å². The molecular weight excluding hydrogens is 267 g/mol. The summed E-state index contributed by atoms with van der Waals surface area (Å²) in [6.45, 7) is 8.40. The molecule has 0 aliphatic carbocycles. The SMILES string of the molecule is CN=C(NCCN(C)C(C)C)NCc1ccc(C)c(F)c1. The summed E-state index contributed by atoms with van der Waals surface area (Å²) < 4.78 is 13.5. The van der Waals surface area contributed by atoms with Crippen molar-refractivity contribution in [1.82, 2.24) is 15.5 Å². The molecular formula is C16H27FN4. The molecule has 0 saturated carbocycles. The minimum Gasteiger partial charge on any atom is -0.355 e. The summed E-state index contributed by atoms with van der Waals surface area (Å²) in [6.07, 6.45) is 0. The van der Waals surface area contributed by atoms with Gasteiger partial charge in [0, 0.05) is 32.7 Å². The standard InChI is InChI=1S/C16H27FN4/c1-12(2)21(5)9-8-19-16(18-4)20-11-14-7-6-13(3)15(17)10-14/h6-7,10,12H,8-9,11H2,1-5H3,(H2,18,19,20). The number of guanidine groups is 1. The van der Waals surface area contributed by atoms with Gasteiger partial charge in [0.15, 0.2) is 5.96 Å². The topological polar surface area (TPSA) is 39.7 Å². The third kappa shape index (κ3) is 6.12. The number of halogens is 1. The first-order valence-corrected chi connectivity index (χ1v) is 7.33. The molecule has 0 bridgehead atoms. The first kappa shape index (κ1) is 17.4. The van der Waals surface area contributed by atoms with E-state index in [0.717, 1.165) is 24.6 Å². The van der Waals surface area contributed by atoms with Gasteiger partial charge in [0.25, 0.3) is 0 Å². The minimum absolute atomic E-state index is 0.171. The van der Waals surface area contributed by atoms with Crippen molar-refractivity contribution in [2.24, 2.45) is 4.99 Å². The minimum atomic E-state index is -0.171. The third-order valence-electron chi connectivity index (χ3n) is 3.56. The summed E-state index contributed by atoms with van der Waals surface area (Å²) >= 11 is 0. The first-order valence-electron chi connectivity index (χ1n) is 7.33. The van der Waals surface area contributed by atoms with E-state index in [-0.39, 0.29) is 5.82 Å². The molecule has 0 atom stereocenters. The van der Waals surface area contributed by atoms with Crippen LogP contribution in [0.2, 0.25) is 0 Å². The number of aryl methyl sites for hydroxylation is 1. The second-order valence-electron chi connectivity index (χ2n) is 5.51. The van der Waals surface area contributed by atoms with Crippen molar-refractivity contribution in [3.05, 3.63) is 35.1 Å². The number of hydrogen-bond donors (Lipinski definition) is 2. The zero-order valence-electron chi connectivity index (χ0n) is 13.7. The van der Waals surface area contributed by atoms with Gasteiger partial charge in [-0.15, -0.1) is 0 Å². The van der Waals surface area contributed by atoms with Crippen molar-refractivity contribution >= 4 is 5.96 Å². The molecule has 5 heteroatoms. The normalized spacial score (nSPS) is 12.1. The molecule has 0 aromatic heterocycles. The Hall–Kier alpha value is -1.62. The van der Waals surface area contributed by atoms with Gasteiger partial charge in [-0.05, 0) is 45.0 Å². The zero-order valence-corrected chi connectivity index (χ0v) is 13.7. The summed E-state index contributed by atoms with van der Waals surface area (Å²) in [5.41, 5.74) is 1.57. The molecule has 0 aliphatic heterocycles. The van der Waals surface area contributed by atoms with Crippen LogP contribution in [0.4, 0.5) is 4.39 Å². The van der Waals surface area contributed by atoms with Crippen LogP contribution in [0.25, 0.3) is 0 Å². The second-order valence-corrected chi connectivity index (χ2v) is 5.51. The van der Waals surface area contributed by atoms with Crippen LogP contribution in [0.3, 0.4) is 0 Å². The van der Waals surface area contributed by atoms with Gasteiger partial charge in [-0.2, -0.15) is 0 Å². The number of nitrogens with zero attached hydrogens (tertiary/aromatic N) is 2. The van der Waals surface area contributed by atoms with E-state index in [1.54, 1.807) is 26.1 Å². The average molecular weight is 294 g/mol. The second kappa shape index (κ2) is 8.62. The summed E-state index contributed by atoms with van der Waals surface area (Å²) in [4.78, 5) is 6.43. The van der Waals surface area contributed by atoms with Crippen molar-refractivity contribution in [2.75, 3.05) is 27.2 Å². The van der Waals surface area contributed by atoms with Gasteiger partial charge < -0.3 is 15.5 Å². The van der Waals surface area contributed by atoms with E-state index >= 15 is 0 Å². The molecule has 1 aromatic rings. The largest absolute Gasteiger partial charge is 0.355 e. The molecule has 0 radical (unpaired) electrons. The lowest BCUT2D eigenvalue weighted by molar-refractivity contribution is 0.278. The highest BCUT2D eigenvalue weighted by molar-refractivity contribution is 5.79. The fraction of sp³-hybridized carbons (Fsp3) is 0.562. The molecule has 4 nitrogen and oxygen atoms in total. The molecule has 0 spiro atoms. The lowest BCUT2D eigenvalue weighted by Crippen LogP contribution is -2.41. The van der Waals surface area contributed by atoms with Crippen LogP contribution in [-0.2, 0) is 6.54 Å². The molecule has 0 aliphatic rings. The molecule has 0 saturated heterocycles. The highest BCUT2D eigenvalue weighted by Crippen LogP contribution is 2.08. The first-order chi connectivity index (χ1) is 9.93. The Balaban J connectivity index is 2.39. The Morgan fingerprint density at radius 3 is 2.62 bits per heavy atom. The van der Waals surface area contributed by atoms with E-state index in [1.165, 1.54) is 0 Å². The summed E-state index contributed by atoms with van der Waals surface area (Å²) in [5.74, 6) is 0.559. The maximum atomic E-state index is 13.5. The molecule has 1 aromatic carbocycles. The smallest absolute Gasteiger partial charge is 0.191 e. The molecule has 0 fully saturated rings. The van der Waals surface area contributed by atoms with Crippen molar-refractivity contribution in [2.45, 2.75) is 33.4 Å². The Labute approximate surface area is 127 Å². The van der Waals surface area contributed by atoms with E-state index in [0.29, 0.717) is 18.2 Å². The molecule has 0 heterocycles. The fourth-order valence-electron chi connectivity index (χ4n) is 1.76. The quantitative estimate of drug-likeness (QED) is 0.624. The summed E-state index contributed by atoms with van der Waals surface area (Å²) in [5, 5.41) is 6.44. The van der Waals surface area contributed by atoms with Crippen molar-refractivity contribution in [1.29, 1.82) is 0 Å². The summed E-state index contributed by atoms with van der Waals surface area (Å²) in [6, 6.07) is 5.80. The third-order valence-corrected chi connectivity index (χ3v) is 3.56. The van der Waals surface area contributed by atoms with Gasteiger partial charge >= 0.3 is 0 Å². The molecule has 21 heavy (non-hydrogen) atoms. The monoisotopic (exact) mass is 294 g/mol. The van der Waals surface area contributed by atoms with Gasteiger partial charge in [-0.3, -0.25) is 4.99 Å². The Kier molecular flexibility index (Phi) is 7.15. The van der Waals surface area contributed by atoms with Gasteiger partial charge in [0.1, 0.15) is 5.82 Å². The van der Waals surface area contributed by atoms with Crippen molar-refractivity contribution in [3.8, 4) is 0 Å². The van der Waals surface area contributed by atoms with Crippen LogP contribution in [0.5, 0.6) is 0 Å². The van der Waals surface area contributed by atoms with Crippen LogP contribution in [0.1, 0.15) is 25.0 Å². The van der Waals surface area contributed by atoms with Gasteiger partial charge in [-0.1, -0.05) is 12.1 Å². The zero-order chi connectivity index (χ0) is 15.8. The lowest BCUT2D eigenvalue weighted by Gasteiger charge is -2.21. The van der Waals surface area contributed by atoms with Crippen LogP contribution in [0.15, 0.2) is 23.2 Å². The maximum absolute atomic E-state index is 13.5. The van der Waals surface area contributed by atoms with E-state index in [2.05, 4.69) is 41.4 Å². The molecule has 0 amide bonds. The van der Waals surface area contributed by atoms with Crippen LogP contribution in [-0.4, -0.2) is 44.1 Å². The Bertz CT molecular complexity index is 471. The number of hydrogen-bond acceptors (Lipinski definition) is 2. The highest BCUT2D eigenvalue weighted by Gasteiger charge is 2.04. The molecule has 118 valence electrons. The van der Waals surface area contributed by atoms with Gasteiger partial charge in [0.2, 0.25) is 0 Å². The maximum Gasteiger partial charge on any atom is 0.191 e. The average Bonchev–Trinajstić information content (AvgIpc) is 2.45. The number of benzene rings is 1. The fourth-order valence-corrected chi connectivity index (χ4v) is 1.76. The van der Waals surface area contributed by atoms with Crippen molar-refractivity contribution in [3.63, 3.8) is 0 Å². The van der Waals surface area contributed by atoms with E-state index < -0.39 is 0 Å². The Morgan fingerprint density at radius 1 is 1.33 bits per heavy atom. The highest BCUT2D eigenvalue weighted by atomic mass is 19.1.